The van der Waals surface area contributed by atoms with E-state index in [0.29, 0.717) is 29.2 Å². The minimum absolute atomic E-state index is 0.0643. The second kappa shape index (κ2) is 15.1. The van der Waals surface area contributed by atoms with Gasteiger partial charge in [0, 0.05) is 12.5 Å². The molecular formula is C34H33F3N4O4. The smallest absolute Gasteiger partial charge is 0.490 e. The number of carbonyl (C=O) groups is 1. The topological polar surface area (TPSA) is 141 Å². The highest BCUT2D eigenvalue weighted by Crippen LogP contribution is 2.40. The fourth-order valence-corrected chi connectivity index (χ4v) is 5.35. The van der Waals surface area contributed by atoms with Crippen LogP contribution in [-0.4, -0.2) is 47.0 Å². The molecule has 0 aliphatic carbocycles. The number of benzene rings is 3. The molecule has 11 heteroatoms. The predicted octanol–water partition coefficient (Wildman–Crippen LogP) is 6.61. The van der Waals surface area contributed by atoms with Crippen molar-refractivity contribution in [2.24, 2.45) is 0 Å². The van der Waals surface area contributed by atoms with Gasteiger partial charge >= 0.3 is 12.1 Å². The number of anilines is 1. The number of hydrogen-bond acceptors (Lipinski definition) is 7. The molecule has 1 atom stereocenters. The number of nitrogen functional groups attached to an aromatic ring is 1. The number of nitrogens with one attached hydrogen (secondary N) is 1. The number of pyridine rings is 1. The van der Waals surface area contributed by atoms with Crippen LogP contribution in [0.1, 0.15) is 53.4 Å². The highest BCUT2D eigenvalue weighted by molar-refractivity contribution is 5.76. The molecule has 1 saturated heterocycles. The second-order valence-corrected chi connectivity index (χ2v) is 10.5. The molecule has 1 aromatic heterocycles. The van der Waals surface area contributed by atoms with Crippen LogP contribution >= 0.6 is 0 Å². The average molecular weight is 619 g/mol. The molecular weight excluding hydrogens is 585 g/mol. The maximum atomic E-state index is 10.9. The normalized spacial score (nSPS) is 14.6. The summed E-state index contributed by atoms with van der Waals surface area (Å²) in [4.78, 5) is 13.4. The van der Waals surface area contributed by atoms with Gasteiger partial charge in [-0.25, -0.2) is 9.78 Å². The number of nitriles is 1. The summed E-state index contributed by atoms with van der Waals surface area (Å²) in [5.74, 6) is -1.65. The highest BCUT2D eigenvalue weighted by atomic mass is 19.4. The van der Waals surface area contributed by atoms with Crippen molar-refractivity contribution < 1.29 is 32.9 Å². The molecule has 0 spiro atoms. The zero-order valence-corrected chi connectivity index (χ0v) is 24.3. The van der Waals surface area contributed by atoms with E-state index in [1.54, 1.807) is 12.1 Å². The number of carboxylic acids is 1. The maximum Gasteiger partial charge on any atom is 0.490 e. The van der Waals surface area contributed by atoms with Gasteiger partial charge in [0.25, 0.3) is 0 Å². The summed E-state index contributed by atoms with van der Waals surface area (Å²) in [5, 5.41) is 31.2. The Bertz CT molecular complexity index is 1580. The van der Waals surface area contributed by atoms with Gasteiger partial charge in [-0.1, -0.05) is 66.7 Å². The summed E-state index contributed by atoms with van der Waals surface area (Å²) in [6, 6.07) is 30.2. The van der Waals surface area contributed by atoms with Gasteiger partial charge in [0.05, 0.1) is 23.4 Å². The summed E-state index contributed by atoms with van der Waals surface area (Å²) in [5.41, 5.74) is 11.0. The van der Waals surface area contributed by atoms with Crippen LogP contribution < -0.4 is 15.8 Å². The third-order valence-corrected chi connectivity index (χ3v) is 7.50. The molecule has 1 unspecified atom stereocenters. The van der Waals surface area contributed by atoms with Gasteiger partial charge in [-0.3, -0.25) is 0 Å². The van der Waals surface area contributed by atoms with E-state index in [0.717, 1.165) is 37.9 Å². The van der Waals surface area contributed by atoms with Crippen molar-refractivity contribution in [1.29, 1.82) is 5.26 Å². The Hall–Kier alpha value is -5.08. The van der Waals surface area contributed by atoms with Crippen molar-refractivity contribution in [3.05, 3.63) is 107 Å². The number of rotatable bonds is 8. The van der Waals surface area contributed by atoms with Crippen molar-refractivity contribution in [3.8, 4) is 28.8 Å². The van der Waals surface area contributed by atoms with E-state index in [2.05, 4.69) is 64.9 Å². The number of nitrogens with zero attached hydrogens (tertiary/aromatic N) is 2. The number of phenols is 1. The van der Waals surface area contributed by atoms with Gasteiger partial charge in [0.2, 0.25) is 0 Å². The van der Waals surface area contributed by atoms with Crippen molar-refractivity contribution in [2.75, 3.05) is 25.4 Å². The number of phenolic OH excluding ortho intramolecular Hbond substituents is 1. The number of piperidine rings is 1. The van der Waals surface area contributed by atoms with E-state index < -0.39 is 12.1 Å². The Kier molecular flexibility index (Phi) is 11.0. The lowest BCUT2D eigenvalue weighted by atomic mass is 9.88. The lowest BCUT2D eigenvalue weighted by molar-refractivity contribution is -0.192. The molecule has 234 valence electrons. The van der Waals surface area contributed by atoms with E-state index in [1.807, 2.05) is 24.3 Å². The van der Waals surface area contributed by atoms with Crippen molar-refractivity contribution in [3.63, 3.8) is 0 Å². The summed E-state index contributed by atoms with van der Waals surface area (Å²) < 4.78 is 38.0. The largest absolute Gasteiger partial charge is 0.507 e. The molecule has 0 amide bonds. The lowest BCUT2D eigenvalue weighted by Gasteiger charge is -2.25. The van der Waals surface area contributed by atoms with Gasteiger partial charge in [-0.05, 0) is 66.6 Å². The Labute approximate surface area is 258 Å². The number of aromatic hydroxyl groups is 1. The van der Waals surface area contributed by atoms with Crippen LogP contribution in [0.25, 0.3) is 11.3 Å². The summed E-state index contributed by atoms with van der Waals surface area (Å²) >= 11 is 0. The number of aromatic nitrogens is 1. The monoisotopic (exact) mass is 618 g/mol. The second-order valence-electron chi connectivity index (χ2n) is 10.5. The molecule has 0 bridgehead atoms. The Morgan fingerprint density at radius 3 is 2.22 bits per heavy atom. The number of carboxylic acid groups (broad SMARTS) is 1. The van der Waals surface area contributed by atoms with Gasteiger partial charge in [0.1, 0.15) is 23.4 Å². The lowest BCUT2D eigenvalue weighted by Crippen LogP contribution is -2.29. The molecule has 0 saturated carbocycles. The van der Waals surface area contributed by atoms with Crippen LogP contribution in [0.5, 0.6) is 11.5 Å². The van der Waals surface area contributed by atoms with Crippen molar-refractivity contribution in [1.82, 2.24) is 10.3 Å². The third kappa shape index (κ3) is 8.52. The number of nitrogens with two attached hydrogens (primary N) is 1. The van der Waals surface area contributed by atoms with Gasteiger partial charge in [0.15, 0.2) is 0 Å². The number of halogens is 3. The minimum Gasteiger partial charge on any atom is -0.507 e. The molecule has 3 aromatic carbocycles. The van der Waals surface area contributed by atoms with Gasteiger partial charge in [-0.15, -0.1) is 0 Å². The number of ether oxygens (including phenoxy) is 1. The average Bonchev–Trinajstić information content (AvgIpc) is 3.04. The number of hydrogen-bond donors (Lipinski definition) is 4. The van der Waals surface area contributed by atoms with E-state index in [9.17, 15) is 23.5 Å². The van der Waals surface area contributed by atoms with Crippen LogP contribution in [0.2, 0.25) is 0 Å². The van der Waals surface area contributed by atoms with Crippen LogP contribution in [-0.2, 0) is 4.79 Å². The van der Waals surface area contributed by atoms with Crippen LogP contribution in [0, 0.1) is 11.3 Å². The fourth-order valence-electron chi connectivity index (χ4n) is 5.35. The summed E-state index contributed by atoms with van der Waals surface area (Å²) in [7, 11) is 0. The van der Waals surface area contributed by atoms with E-state index in [1.165, 1.54) is 11.1 Å². The molecule has 5 rings (SSSR count). The standard InChI is InChI=1S/C32H32N4O2.C2HF3O2/c33-20-27-26(24-13-8-17-35-21-24)19-28(36-32(27)34)31-29(37)14-7-15-30(31)38-18-16-25(22-9-3-1-4-10-22)23-11-5-2-6-12-23;3-2(4,5)1(6)7/h1-7,9-12,14-15,19,24-25,35,37H,8,13,16-18,21H2,(H2,34,36);(H,6,7). The summed E-state index contributed by atoms with van der Waals surface area (Å²) in [6.07, 6.45) is -2.33. The fraction of sp³-hybridized carbons (Fsp3) is 0.265. The number of aliphatic carboxylic acids is 1. The highest BCUT2D eigenvalue weighted by Gasteiger charge is 2.38. The molecule has 1 aliphatic rings. The van der Waals surface area contributed by atoms with Crippen molar-refractivity contribution >= 4 is 11.8 Å². The molecule has 8 nitrogen and oxygen atoms in total. The third-order valence-electron chi connectivity index (χ3n) is 7.50. The molecule has 2 heterocycles. The predicted molar refractivity (Wildman–Crippen MR) is 164 cm³/mol. The Morgan fingerprint density at radius 2 is 1.69 bits per heavy atom. The number of alkyl halides is 3. The van der Waals surface area contributed by atoms with Crippen molar-refractivity contribution in [2.45, 2.75) is 37.3 Å². The molecule has 4 aromatic rings. The van der Waals surface area contributed by atoms with Gasteiger partial charge in [-0.2, -0.15) is 18.4 Å². The first-order valence-corrected chi connectivity index (χ1v) is 14.4. The first-order chi connectivity index (χ1) is 21.6. The molecule has 0 radical (unpaired) electrons. The zero-order chi connectivity index (χ0) is 32.4. The quantitative estimate of drug-likeness (QED) is 0.173. The van der Waals surface area contributed by atoms with Crippen LogP contribution in [0.4, 0.5) is 19.0 Å². The molecule has 45 heavy (non-hydrogen) atoms. The van der Waals surface area contributed by atoms with Crippen LogP contribution in [0.3, 0.4) is 0 Å². The Balaban J connectivity index is 0.000000591. The van der Waals surface area contributed by atoms with Gasteiger partial charge < -0.3 is 26.0 Å². The van der Waals surface area contributed by atoms with Crippen LogP contribution in [0.15, 0.2) is 84.9 Å². The minimum atomic E-state index is -5.08. The zero-order valence-electron chi connectivity index (χ0n) is 24.3. The van der Waals surface area contributed by atoms with E-state index >= 15 is 0 Å². The Morgan fingerprint density at radius 1 is 1.07 bits per heavy atom. The first kappa shape index (κ1) is 32.8. The molecule has 5 N–H and O–H groups in total. The molecule has 1 fully saturated rings. The summed E-state index contributed by atoms with van der Waals surface area (Å²) in [6.45, 7) is 2.19. The van der Waals surface area contributed by atoms with E-state index in [-0.39, 0.29) is 23.4 Å². The maximum absolute atomic E-state index is 10.9. The van der Waals surface area contributed by atoms with E-state index in [4.69, 9.17) is 20.4 Å². The first-order valence-electron chi connectivity index (χ1n) is 14.4. The molecule has 1 aliphatic heterocycles. The SMILES string of the molecule is N#Cc1c(C2CCCNC2)cc(-c2c(O)cccc2OCCC(c2ccccc2)c2ccccc2)nc1N.O=C(O)C(F)(F)F.